The maximum atomic E-state index is 12.4. The number of rotatable bonds is 5. The molecule has 0 saturated heterocycles. The fourth-order valence-electron chi connectivity index (χ4n) is 2.66. The van der Waals surface area contributed by atoms with Gasteiger partial charge in [-0.15, -0.1) is 11.3 Å². The highest BCUT2D eigenvalue weighted by molar-refractivity contribution is 7.14. The quantitative estimate of drug-likeness (QED) is 0.492. The maximum Gasteiger partial charge on any atom is 0.339 e. The summed E-state index contributed by atoms with van der Waals surface area (Å²) in [5.41, 5.74) is 4.30. The Bertz CT molecular complexity index is 1180. The molecule has 1 amide bonds. The fourth-order valence-corrected chi connectivity index (χ4v) is 3.38. The number of aryl methyl sites for hydroxylation is 1. The summed E-state index contributed by atoms with van der Waals surface area (Å²) in [7, 11) is 0. The van der Waals surface area contributed by atoms with Crippen molar-refractivity contribution in [3.8, 4) is 11.3 Å². The van der Waals surface area contributed by atoms with E-state index in [1.54, 1.807) is 12.1 Å². The molecule has 0 saturated carbocycles. The van der Waals surface area contributed by atoms with Gasteiger partial charge in [-0.3, -0.25) is 10.1 Å². The summed E-state index contributed by atoms with van der Waals surface area (Å²) in [5.74, 6) is -1.07. The summed E-state index contributed by atoms with van der Waals surface area (Å²) in [6.45, 7) is 3.53. The zero-order chi connectivity index (χ0) is 20.4. The molecule has 1 N–H and O–H groups in total. The molecule has 4 rings (SSSR count). The van der Waals surface area contributed by atoms with E-state index in [-0.39, 0.29) is 5.56 Å². The SMILES string of the molecule is Cc1ccc(-c2csc(NC(=O)C(C)OC(=O)c3ccc4ncoc4c3)n2)cc1. The van der Waals surface area contributed by atoms with E-state index >= 15 is 0 Å². The molecule has 4 aromatic rings. The van der Waals surface area contributed by atoms with Gasteiger partial charge in [0.2, 0.25) is 0 Å². The van der Waals surface area contributed by atoms with Crippen LogP contribution in [0.5, 0.6) is 0 Å². The second kappa shape index (κ2) is 7.84. The molecule has 2 aromatic carbocycles. The number of ether oxygens (including phenoxy) is 1. The highest BCUT2D eigenvalue weighted by atomic mass is 32.1. The molecule has 7 nitrogen and oxygen atoms in total. The van der Waals surface area contributed by atoms with E-state index in [1.165, 1.54) is 30.7 Å². The normalized spacial score (nSPS) is 11.9. The molecule has 1 unspecified atom stereocenters. The summed E-state index contributed by atoms with van der Waals surface area (Å²) in [5, 5.41) is 4.99. The molecule has 8 heteroatoms. The third-order valence-electron chi connectivity index (χ3n) is 4.30. The van der Waals surface area contributed by atoms with Gasteiger partial charge in [-0.25, -0.2) is 14.8 Å². The molecule has 0 spiro atoms. The number of aromatic nitrogens is 2. The minimum absolute atomic E-state index is 0.282. The zero-order valence-electron chi connectivity index (χ0n) is 15.7. The van der Waals surface area contributed by atoms with E-state index in [4.69, 9.17) is 9.15 Å². The van der Waals surface area contributed by atoms with Crippen molar-refractivity contribution in [2.45, 2.75) is 20.0 Å². The van der Waals surface area contributed by atoms with Crippen LogP contribution >= 0.6 is 11.3 Å². The van der Waals surface area contributed by atoms with Crippen molar-refractivity contribution in [1.82, 2.24) is 9.97 Å². The molecule has 146 valence electrons. The number of nitrogens with zero attached hydrogens (tertiary/aromatic N) is 2. The Morgan fingerprint density at radius 3 is 2.76 bits per heavy atom. The van der Waals surface area contributed by atoms with Crippen LogP contribution in [0.1, 0.15) is 22.8 Å². The van der Waals surface area contributed by atoms with Gasteiger partial charge in [0, 0.05) is 10.9 Å². The predicted molar refractivity (Wildman–Crippen MR) is 110 cm³/mol. The molecule has 29 heavy (non-hydrogen) atoms. The highest BCUT2D eigenvalue weighted by Crippen LogP contribution is 2.25. The van der Waals surface area contributed by atoms with E-state index in [1.807, 2.05) is 36.6 Å². The van der Waals surface area contributed by atoms with Crippen molar-refractivity contribution in [3.63, 3.8) is 0 Å². The number of hydrogen-bond acceptors (Lipinski definition) is 7. The van der Waals surface area contributed by atoms with E-state index in [0.717, 1.165) is 16.8 Å². The van der Waals surface area contributed by atoms with Crippen LogP contribution in [0, 0.1) is 6.92 Å². The Labute approximate surface area is 170 Å². The number of anilines is 1. The van der Waals surface area contributed by atoms with Gasteiger partial charge >= 0.3 is 5.97 Å². The summed E-state index contributed by atoms with van der Waals surface area (Å²) in [6, 6.07) is 12.7. The van der Waals surface area contributed by atoms with Crippen LogP contribution in [-0.2, 0) is 9.53 Å². The van der Waals surface area contributed by atoms with E-state index in [9.17, 15) is 9.59 Å². The van der Waals surface area contributed by atoms with Crippen molar-refractivity contribution in [1.29, 1.82) is 0 Å². The Balaban J connectivity index is 1.39. The Morgan fingerprint density at radius 2 is 1.97 bits per heavy atom. The molecule has 0 aliphatic carbocycles. The van der Waals surface area contributed by atoms with Crippen LogP contribution in [0.3, 0.4) is 0 Å². The van der Waals surface area contributed by atoms with Gasteiger partial charge in [-0.05, 0) is 32.0 Å². The van der Waals surface area contributed by atoms with E-state index in [2.05, 4.69) is 15.3 Å². The number of carbonyl (C=O) groups excluding carboxylic acids is 2. The molecular weight excluding hydrogens is 390 g/mol. The number of hydrogen-bond donors (Lipinski definition) is 1. The number of fused-ring (bicyclic) bond motifs is 1. The first-order chi connectivity index (χ1) is 14.0. The molecule has 0 fully saturated rings. The topological polar surface area (TPSA) is 94.3 Å². The molecule has 0 aliphatic rings. The number of carbonyl (C=O) groups is 2. The number of amides is 1. The third kappa shape index (κ3) is 4.17. The lowest BCUT2D eigenvalue weighted by molar-refractivity contribution is -0.123. The van der Waals surface area contributed by atoms with Gasteiger partial charge in [0.25, 0.3) is 5.91 Å². The predicted octanol–water partition coefficient (Wildman–Crippen LogP) is 4.44. The largest absolute Gasteiger partial charge is 0.449 e. The lowest BCUT2D eigenvalue weighted by Gasteiger charge is -2.12. The molecule has 0 radical (unpaired) electrons. The van der Waals surface area contributed by atoms with Crippen LogP contribution in [0.4, 0.5) is 5.13 Å². The fraction of sp³-hybridized carbons (Fsp3) is 0.143. The van der Waals surface area contributed by atoms with Crippen LogP contribution < -0.4 is 5.32 Å². The minimum Gasteiger partial charge on any atom is -0.449 e. The van der Waals surface area contributed by atoms with Gasteiger partial charge in [-0.2, -0.15) is 0 Å². The zero-order valence-corrected chi connectivity index (χ0v) is 16.5. The minimum atomic E-state index is -0.986. The lowest BCUT2D eigenvalue weighted by Crippen LogP contribution is -2.29. The molecular formula is C21H17N3O4S. The van der Waals surface area contributed by atoms with Crippen molar-refractivity contribution in [2.24, 2.45) is 0 Å². The van der Waals surface area contributed by atoms with E-state index in [0.29, 0.717) is 16.2 Å². The standard InChI is InChI=1S/C21H17N3O4S/c1-12-3-5-14(6-4-12)17-10-29-21(23-17)24-19(25)13(2)28-20(26)15-7-8-16-18(9-15)27-11-22-16/h3-11,13H,1-2H3,(H,23,24,25). The van der Waals surface area contributed by atoms with Crippen LogP contribution in [-0.4, -0.2) is 27.9 Å². The van der Waals surface area contributed by atoms with Gasteiger partial charge in [0.1, 0.15) is 5.52 Å². The average molecular weight is 407 g/mol. The molecule has 2 heterocycles. The van der Waals surface area contributed by atoms with Crippen molar-refractivity contribution in [2.75, 3.05) is 5.32 Å². The van der Waals surface area contributed by atoms with Crippen LogP contribution in [0.25, 0.3) is 22.4 Å². The van der Waals surface area contributed by atoms with Gasteiger partial charge in [-0.1, -0.05) is 29.8 Å². The molecule has 0 bridgehead atoms. The third-order valence-corrected chi connectivity index (χ3v) is 5.06. The van der Waals surface area contributed by atoms with Crippen molar-refractivity contribution < 1.29 is 18.7 Å². The first kappa shape index (κ1) is 18.8. The first-order valence-electron chi connectivity index (χ1n) is 8.87. The van der Waals surface area contributed by atoms with Crippen molar-refractivity contribution >= 4 is 39.4 Å². The van der Waals surface area contributed by atoms with Gasteiger partial charge < -0.3 is 9.15 Å². The average Bonchev–Trinajstić information content (AvgIpc) is 3.37. The second-order valence-corrected chi connectivity index (χ2v) is 7.33. The molecule has 1 atom stereocenters. The number of thiazole rings is 1. The first-order valence-corrected chi connectivity index (χ1v) is 9.75. The second-order valence-electron chi connectivity index (χ2n) is 6.48. The van der Waals surface area contributed by atoms with Crippen LogP contribution in [0.15, 0.2) is 58.7 Å². The Kier molecular flexibility index (Phi) is 5.09. The monoisotopic (exact) mass is 407 g/mol. The Morgan fingerprint density at radius 1 is 1.17 bits per heavy atom. The molecule has 2 aromatic heterocycles. The highest BCUT2D eigenvalue weighted by Gasteiger charge is 2.20. The molecule has 0 aliphatic heterocycles. The summed E-state index contributed by atoms with van der Waals surface area (Å²) in [6.07, 6.45) is 0.314. The van der Waals surface area contributed by atoms with Crippen molar-refractivity contribution in [3.05, 3.63) is 65.4 Å². The number of oxazole rings is 1. The van der Waals surface area contributed by atoms with Gasteiger partial charge in [0.05, 0.1) is 11.3 Å². The summed E-state index contributed by atoms with van der Waals surface area (Å²) < 4.78 is 10.4. The lowest BCUT2D eigenvalue weighted by atomic mass is 10.1. The number of nitrogens with one attached hydrogen (secondary N) is 1. The van der Waals surface area contributed by atoms with Gasteiger partial charge in [0.15, 0.2) is 23.2 Å². The number of esters is 1. The van der Waals surface area contributed by atoms with Crippen LogP contribution in [0.2, 0.25) is 0 Å². The Hall–Kier alpha value is -3.52. The summed E-state index contributed by atoms with van der Waals surface area (Å²) in [4.78, 5) is 33.1. The van der Waals surface area contributed by atoms with E-state index < -0.39 is 18.0 Å². The summed E-state index contributed by atoms with van der Waals surface area (Å²) >= 11 is 1.31. The number of benzene rings is 2. The maximum absolute atomic E-state index is 12.4. The smallest absolute Gasteiger partial charge is 0.339 e.